The average Bonchev–Trinajstić information content (AvgIpc) is 3.33. The highest BCUT2D eigenvalue weighted by Crippen LogP contribution is 2.49. The van der Waals surface area contributed by atoms with E-state index in [-0.39, 0.29) is 35.2 Å². The maximum absolute atomic E-state index is 13.9. The summed E-state index contributed by atoms with van der Waals surface area (Å²) in [5.74, 6) is 0.864. The van der Waals surface area contributed by atoms with Crippen LogP contribution in [0.3, 0.4) is 0 Å². The molecule has 0 saturated heterocycles. The number of amides is 2. The first-order valence-corrected chi connectivity index (χ1v) is 14.3. The predicted molar refractivity (Wildman–Crippen MR) is 158 cm³/mol. The van der Waals surface area contributed by atoms with E-state index in [1.807, 2.05) is 55.5 Å². The first-order valence-electron chi connectivity index (χ1n) is 13.3. The number of ether oxygens (including phenoxy) is 2. The Morgan fingerprint density at radius 1 is 1.05 bits per heavy atom. The molecule has 4 aromatic rings. The van der Waals surface area contributed by atoms with Gasteiger partial charge in [-0.05, 0) is 48.4 Å². The summed E-state index contributed by atoms with van der Waals surface area (Å²) >= 11 is 1.46. The van der Waals surface area contributed by atoms with Crippen LogP contribution in [0, 0.1) is 5.82 Å². The highest BCUT2D eigenvalue weighted by Gasteiger charge is 2.38. The van der Waals surface area contributed by atoms with Crippen LogP contribution in [0.1, 0.15) is 29.7 Å². The largest absolute Gasteiger partial charge is 0.493 e. The Kier molecular flexibility index (Phi) is 8.58. The molecule has 41 heavy (non-hydrogen) atoms. The molecule has 0 radical (unpaired) electrons. The lowest BCUT2D eigenvalue weighted by molar-refractivity contribution is -0.122. The lowest BCUT2D eigenvalue weighted by Gasteiger charge is -2.23. The molecule has 0 spiro atoms. The standard InChI is InChI=1S/C31H31FN4O4S/c1-4-16-33-26(37)18-35-27(38)19-41-30(21-10-15-24(39-2)25(17-21)40-3)28-29(20-8-6-5-7-9-20)34-36(31(28)35)23-13-11-22(32)12-14-23/h5-15,17,30H,4,16,18-19H2,1-3H3,(H,33,37)/t30-/m1/s1. The minimum Gasteiger partial charge on any atom is -0.493 e. The molecule has 10 heteroatoms. The van der Waals surface area contributed by atoms with Crippen LogP contribution >= 0.6 is 11.8 Å². The Morgan fingerprint density at radius 2 is 1.78 bits per heavy atom. The molecular weight excluding hydrogens is 543 g/mol. The summed E-state index contributed by atoms with van der Waals surface area (Å²) < 4.78 is 26.7. The van der Waals surface area contributed by atoms with Crippen molar-refractivity contribution >= 4 is 29.4 Å². The molecule has 212 valence electrons. The van der Waals surface area contributed by atoms with Gasteiger partial charge in [0.1, 0.15) is 18.2 Å². The van der Waals surface area contributed by atoms with E-state index in [2.05, 4.69) is 5.32 Å². The molecule has 0 fully saturated rings. The van der Waals surface area contributed by atoms with Crippen molar-refractivity contribution in [1.29, 1.82) is 0 Å². The summed E-state index contributed by atoms with van der Waals surface area (Å²) in [6.07, 6.45) is 0.772. The van der Waals surface area contributed by atoms with Gasteiger partial charge in [0.05, 0.1) is 36.6 Å². The van der Waals surface area contributed by atoms with E-state index in [0.717, 1.165) is 23.1 Å². The topological polar surface area (TPSA) is 85.7 Å². The average molecular weight is 575 g/mol. The fraction of sp³-hybridized carbons (Fsp3) is 0.258. The molecule has 1 atom stereocenters. The normalized spacial score (nSPS) is 14.8. The summed E-state index contributed by atoms with van der Waals surface area (Å²) in [4.78, 5) is 28.2. The van der Waals surface area contributed by atoms with Crippen LogP contribution in [0.5, 0.6) is 11.5 Å². The van der Waals surface area contributed by atoms with E-state index in [9.17, 15) is 14.0 Å². The first kappa shape index (κ1) is 28.2. The van der Waals surface area contributed by atoms with E-state index in [1.54, 1.807) is 31.0 Å². The van der Waals surface area contributed by atoms with E-state index in [0.29, 0.717) is 35.2 Å². The van der Waals surface area contributed by atoms with E-state index in [4.69, 9.17) is 14.6 Å². The molecule has 0 bridgehead atoms. The molecular formula is C31H31FN4O4S. The number of thioether (sulfide) groups is 1. The molecule has 1 N–H and O–H groups in total. The number of aromatic nitrogens is 2. The van der Waals surface area contributed by atoms with Gasteiger partial charge in [-0.25, -0.2) is 9.07 Å². The van der Waals surface area contributed by atoms with Gasteiger partial charge in [0.2, 0.25) is 11.8 Å². The molecule has 2 amide bonds. The summed E-state index contributed by atoms with van der Waals surface area (Å²) in [5.41, 5.74) is 3.72. The lowest BCUT2D eigenvalue weighted by atomic mass is 9.99. The molecule has 3 aromatic carbocycles. The molecule has 1 aromatic heterocycles. The van der Waals surface area contributed by atoms with Gasteiger partial charge in [-0.1, -0.05) is 43.3 Å². The zero-order chi connectivity index (χ0) is 28.9. The molecule has 8 nitrogen and oxygen atoms in total. The number of fused-ring (bicyclic) bond motifs is 1. The Bertz CT molecular complexity index is 1540. The van der Waals surface area contributed by atoms with Crippen LogP contribution < -0.4 is 19.7 Å². The van der Waals surface area contributed by atoms with Crippen LogP contribution in [0.15, 0.2) is 72.8 Å². The summed E-state index contributed by atoms with van der Waals surface area (Å²) in [6.45, 7) is 2.30. The number of anilines is 1. The zero-order valence-electron chi connectivity index (χ0n) is 23.1. The van der Waals surface area contributed by atoms with Gasteiger partial charge < -0.3 is 14.8 Å². The van der Waals surface area contributed by atoms with Crippen LogP contribution in [-0.2, 0) is 9.59 Å². The van der Waals surface area contributed by atoms with Crippen molar-refractivity contribution in [2.24, 2.45) is 0 Å². The second-order valence-corrected chi connectivity index (χ2v) is 10.6. The van der Waals surface area contributed by atoms with Crippen molar-refractivity contribution < 1.29 is 23.5 Å². The Hall–Kier alpha value is -4.31. The fourth-order valence-corrected chi connectivity index (χ4v) is 6.02. The second-order valence-electron chi connectivity index (χ2n) is 9.48. The second kappa shape index (κ2) is 12.5. The smallest absolute Gasteiger partial charge is 0.240 e. The fourth-order valence-electron chi connectivity index (χ4n) is 4.83. The third-order valence-corrected chi connectivity index (χ3v) is 8.05. The number of hydrogen-bond donors (Lipinski definition) is 1. The summed E-state index contributed by atoms with van der Waals surface area (Å²) in [5, 5.41) is 7.54. The number of carbonyl (C=O) groups excluding carboxylic acids is 2. The highest BCUT2D eigenvalue weighted by atomic mass is 32.2. The maximum atomic E-state index is 13.9. The van der Waals surface area contributed by atoms with Crippen molar-refractivity contribution in [3.05, 3.63) is 89.7 Å². The quantitative estimate of drug-likeness (QED) is 0.289. The molecule has 2 heterocycles. The Labute approximate surface area is 242 Å². The zero-order valence-corrected chi connectivity index (χ0v) is 23.9. The SMILES string of the molecule is CCCNC(=O)CN1C(=O)CS[C@H](c2ccc(OC)c(OC)c2)c2c(-c3ccccc3)nn(-c3ccc(F)cc3)c21. The number of nitrogens with zero attached hydrogens (tertiary/aromatic N) is 3. The molecule has 1 aliphatic rings. The van der Waals surface area contributed by atoms with Crippen LogP contribution in [0.25, 0.3) is 16.9 Å². The van der Waals surface area contributed by atoms with Gasteiger partial charge in [-0.2, -0.15) is 5.10 Å². The first-order chi connectivity index (χ1) is 19.9. The van der Waals surface area contributed by atoms with Gasteiger partial charge in [-0.3, -0.25) is 14.5 Å². The predicted octanol–water partition coefficient (Wildman–Crippen LogP) is 5.39. The highest BCUT2D eigenvalue weighted by molar-refractivity contribution is 8.00. The third-order valence-electron chi connectivity index (χ3n) is 6.79. The molecule has 0 unspecified atom stereocenters. The minimum atomic E-state index is -0.388. The molecule has 1 aliphatic heterocycles. The Balaban J connectivity index is 1.78. The van der Waals surface area contributed by atoms with Crippen molar-refractivity contribution in [3.63, 3.8) is 0 Å². The summed E-state index contributed by atoms with van der Waals surface area (Å²) in [6, 6.07) is 21.3. The van der Waals surface area contributed by atoms with Crippen LogP contribution in [-0.4, -0.2) is 54.7 Å². The van der Waals surface area contributed by atoms with Crippen molar-refractivity contribution in [1.82, 2.24) is 15.1 Å². The number of benzene rings is 3. The maximum Gasteiger partial charge on any atom is 0.240 e. The monoisotopic (exact) mass is 574 g/mol. The number of carbonyl (C=O) groups is 2. The molecule has 0 saturated carbocycles. The van der Waals surface area contributed by atoms with Gasteiger partial charge in [0.15, 0.2) is 11.5 Å². The van der Waals surface area contributed by atoms with E-state index >= 15 is 0 Å². The summed E-state index contributed by atoms with van der Waals surface area (Å²) in [7, 11) is 3.16. The van der Waals surface area contributed by atoms with E-state index < -0.39 is 0 Å². The minimum absolute atomic E-state index is 0.131. The number of nitrogens with one attached hydrogen (secondary N) is 1. The van der Waals surface area contributed by atoms with Gasteiger partial charge in [0, 0.05) is 17.7 Å². The Morgan fingerprint density at radius 3 is 2.46 bits per heavy atom. The van der Waals surface area contributed by atoms with Crippen LogP contribution in [0.2, 0.25) is 0 Å². The van der Waals surface area contributed by atoms with Crippen molar-refractivity contribution in [2.75, 3.05) is 38.0 Å². The van der Waals surface area contributed by atoms with Gasteiger partial charge in [-0.15, -0.1) is 11.8 Å². The van der Waals surface area contributed by atoms with Crippen molar-refractivity contribution in [2.45, 2.75) is 18.6 Å². The van der Waals surface area contributed by atoms with Gasteiger partial charge >= 0.3 is 0 Å². The lowest BCUT2D eigenvalue weighted by Crippen LogP contribution is -2.42. The van der Waals surface area contributed by atoms with Crippen LogP contribution in [0.4, 0.5) is 10.2 Å². The van der Waals surface area contributed by atoms with Crippen molar-refractivity contribution in [3.8, 4) is 28.4 Å². The number of hydrogen-bond acceptors (Lipinski definition) is 6. The third kappa shape index (κ3) is 5.78. The number of rotatable bonds is 9. The van der Waals surface area contributed by atoms with Gasteiger partial charge in [0.25, 0.3) is 0 Å². The number of halogens is 1. The number of methoxy groups -OCH3 is 2. The molecule has 0 aliphatic carbocycles. The van der Waals surface area contributed by atoms with E-state index in [1.165, 1.54) is 28.8 Å². The molecule has 5 rings (SSSR count).